The van der Waals surface area contributed by atoms with Crippen molar-refractivity contribution in [2.24, 2.45) is 5.92 Å². The first-order valence-electron chi connectivity index (χ1n) is 6.16. The van der Waals surface area contributed by atoms with Gasteiger partial charge in [0, 0.05) is 6.61 Å². The third-order valence-corrected chi connectivity index (χ3v) is 3.04. The first-order chi connectivity index (χ1) is 8.33. The fraction of sp³-hybridized carbons (Fsp3) is 0.500. The molecule has 1 saturated heterocycles. The molecule has 0 spiro atoms. The van der Waals surface area contributed by atoms with Crippen LogP contribution >= 0.6 is 0 Å². The van der Waals surface area contributed by atoms with Gasteiger partial charge in [0.2, 0.25) is 0 Å². The summed E-state index contributed by atoms with van der Waals surface area (Å²) in [6.45, 7) is 2.98. The van der Waals surface area contributed by atoms with Crippen molar-refractivity contribution in [2.75, 3.05) is 13.2 Å². The van der Waals surface area contributed by atoms with E-state index in [1.54, 1.807) is 0 Å². The molecule has 3 nitrogen and oxygen atoms in total. The summed E-state index contributed by atoms with van der Waals surface area (Å²) in [6, 6.07) is 9.90. The Kier molecular flexibility index (Phi) is 4.15. The second-order valence-corrected chi connectivity index (χ2v) is 4.20. The van der Waals surface area contributed by atoms with E-state index < -0.39 is 0 Å². The van der Waals surface area contributed by atoms with Crippen LogP contribution in [0, 0.1) is 5.92 Å². The Morgan fingerprint density at radius 2 is 2.18 bits per heavy atom. The van der Waals surface area contributed by atoms with E-state index >= 15 is 0 Å². The van der Waals surface area contributed by atoms with Crippen LogP contribution in [-0.2, 0) is 14.3 Å². The molecule has 0 aromatic heterocycles. The third-order valence-electron chi connectivity index (χ3n) is 3.04. The largest absolute Gasteiger partial charge is 0.466 e. The van der Waals surface area contributed by atoms with Crippen molar-refractivity contribution in [1.82, 2.24) is 0 Å². The summed E-state index contributed by atoms with van der Waals surface area (Å²) in [7, 11) is 0. The van der Waals surface area contributed by atoms with Crippen molar-refractivity contribution >= 4 is 5.97 Å². The van der Waals surface area contributed by atoms with Crippen LogP contribution < -0.4 is 0 Å². The molecular formula is C14H18O3. The highest BCUT2D eigenvalue weighted by atomic mass is 16.5. The molecule has 0 amide bonds. The molecule has 0 radical (unpaired) electrons. The smallest absolute Gasteiger partial charge is 0.311 e. The lowest BCUT2D eigenvalue weighted by Crippen LogP contribution is -2.30. The maximum Gasteiger partial charge on any atom is 0.311 e. The molecule has 2 rings (SSSR count). The van der Waals surface area contributed by atoms with Crippen LogP contribution in [0.3, 0.4) is 0 Å². The molecule has 1 fully saturated rings. The van der Waals surface area contributed by atoms with Crippen molar-refractivity contribution in [3.8, 4) is 0 Å². The van der Waals surface area contributed by atoms with Gasteiger partial charge in [0.1, 0.15) is 0 Å². The summed E-state index contributed by atoms with van der Waals surface area (Å²) < 4.78 is 10.9. The van der Waals surface area contributed by atoms with E-state index in [4.69, 9.17) is 9.47 Å². The van der Waals surface area contributed by atoms with Crippen LogP contribution in [0.15, 0.2) is 30.3 Å². The second kappa shape index (κ2) is 5.82. The van der Waals surface area contributed by atoms with Gasteiger partial charge in [-0.25, -0.2) is 0 Å². The van der Waals surface area contributed by atoms with Crippen molar-refractivity contribution in [3.63, 3.8) is 0 Å². The van der Waals surface area contributed by atoms with Crippen LogP contribution in [0.2, 0.25) is 0 Å². The van der Waals surface area contributed by atoms with Crippen LogP contribution in [0.1, 0.15) is 31.4 Å². The molecular weight excluding hydrogens is 216 g/mol. The van der Waals surface area contributed by atoms with E-state index in [2.05, 4.69) is 0 Å². The van der Waals surface area contributed by atoms with Gasteiger partial charge in [-0.15, -0.1) is 0 Å². The molecule has 0 bridgehead atoms. The minimum absolute atomic E-state index is 0.138. The fourth-order valence-electron chi connectivity index (χ4n) is 2.24. The molecule has 1 aliphatic rings. The van der Waals surface area contributed by atoms with E-state index in [9.17, 15) is 4.79 Å². The van der Waals surface area contributed by atoms with Crippen molar-refractivity contribution < 1.29 is 14.3 Å². The molecule has 1 aromatic rings. The number of ether oxygens (including phenoxy) is 2. The molecule has 17 heavy (non-hydrogen) atoms. The monoisotopic (exact) mass is 234 g/mol. The van der Waals surface area contributed by atoms with Gasteiger partial charge < -0.3 is 9.47 Å². The Morgan fingerprint density at radius 1 is 1.41 bits per heavy atom. The van der Waals surface area contributed by atoms with Crippen LogP contribution in [0.4, 0.5) is 0 Å². The molecule has 0 N–H and O–H groups in total. The molecule has 3 heteroatoms. The molecule has 1 aliphatic heterocycles. The first kappa shape index (κ1) is 12.1. The van der Waals surface area contributed by atoms with Crippen LogP contribution in [0.25, 0.3) is 0 Å². The maximum atomic E-state index is 11.9. The van der Waals surface area contributed by atoms with E-state index in [-0.39, 0.29) is 18.0 Å². The van der Waals surface area contributed by atoms with Crippen LogP contribution in [-0.4, -0.2) is 19.2 Å². The van der Waals surface area contributed by atoms with Gasteiger partial charge in [0.15, 0.2) is 0 Å². The zero-order valence-corrected chi connectivity index (χ0v) is 10.1. The molecule has 0 aliphatic carbocycles. The standard InChI is InChI=1S/C14H18O3/c1-2-16-14(15)12-9-6-10-17-13(12)11-7-4-3-5-8-11/h3-5,7-8,12-13H,2,6,9-10H2,1H3. The highest BCUT2D eigenvalue weighted by Crippen LogP contribution is 2.34. The van der Waals surface area contributed by atoms with E-state index in [1.165, 1.54) is 0 Å². The van der Waals surface area contributed by atoms with Gasteiger partial charge in [-0.2, -0.15) is 0 Å². The average molecular weight is 234 g/mol. The Hall–Kier alpha value is -1.35. The maximum absolute atomic E-state index is 11.9. The zero-order chi connectivity index (χ0) is 12.1. The van der Waals surface area contributed by atoms with Crippen LogP contribution in [0.5, 0.6) is 0 Å². The molecule has 1 aromatic carbocycles. The summed E-state index contributed by atoms with van der Waals surface area (Å²) in [5.74, 6) is -0.299. The number of carbonyl (C=O) groups excluding carboxylic acids is 1. The lowest BCUT2D eigenvalue weighted by molar-refractivity contribution is -0.158. The molecule has 92 valence electrons. The predicted octanol–water partition coefficient (Wildman–Crippen LogP) is 2.72. The summed E-state index contributed by atoms with van der Waals surface area (Å²) in [6.07, 6.45) is 1.62. The second-order valence-electron chi connectivity index (χ2n) is 4.20. The van der Waals surface area contributed by atoms with Gasteiger partial charge in [-0.3, -0.25) is 4.79 Å². The normalized spacial score (nSPS) is 24.3. The van der Waals surface area contributed by atoms with Gasteiger partial charge in [0.05, 0.1) is 18.6 Å². The minimum Gasteiger partial charge on any atom is -0.466 e. The molecule has 2 atom stereocenters. The number of rotatable bonds is 3. The minimum atomic E-state index is -0.161. The summed E-state index contributed by atoms with van der Waals surface area (Å²) in [5, 5.41) is 0. The van der Waals surface area contributed by atoms with Gasteiger partial charge in [0.25, 0.3) is 0 Å². The summed E-state index contributed by atoms with van der Waals surface area (Å²) >= 11 is 0. The quantitative estimate of drug-likeness (QED) is 0.754. The average Bonchev–Trinajstić information content (AvgIpc) is 2.40. The Balaban J connectivity index is 2.15. The highest BCUT2D eigenvalue weighted by molar-refractivity contribution is 5.73. The van der Waals surface area contributed by atoms with Gasteiger partial charge in [-0.05, 0) is 25.3 Å². The Bertz CT molecular complexity index is 361. The molecule has 2 unspecified atom stereocenters. The number of benzene rings is 1. The fourth-order valence-corrected chi connectivity index (χ4v) is 2.24. The van der Waals surface area contributed by atoms with Crippen molar-refractivity contribution in [1.29, 1.82) is 0 Å². The number of hydrogen-bond donors (Lipinski definition) is 0. The van der Waals surface area contributed by atoms with E-state index in [0.29, 0.717) is 6.61 Å². The van der Waals surface area contributed by atoms with Crippen molar-refractivity contribution in [3.05, 3.63) is 35.9 Å². The Morgan fingerprint density at radius 3 is 2.88 bits per heavy atom. The third kappa shape index (κ3) is 2.86. The van der Waals surface area contributed by atoms with Crippen molar-refractivity contribution in [2.45, 2.75) is 25.9 Å². The lowest BCUT2D eigenvalue weighted by atomic mass is 9.89. The summed E-state index contributed by atoms with van der Waals surface area (Å²) in [5.41, 5.74) is 1.06. The highest BCUT2D eigenvalue weighted by Gasteiger charge is 2.33. The predicted molar refractivity (Wildman–Crippen MR) is 64.5 cm³/mol. The Labute approximate surface area is 102 Å². The zero-order valence-electron chi connectivity index (χ0n) is 10.1. The number of hydrogen-bond acceptors (Lipinski definition) is 3. The van der Waals surface area contributed by atoms with E-state index in [1.807, 2.05) is 37.3 Å². The number of carbonyl (C=O) groups is 1. The lowest BCUT2D eigenvalue weighted by Gasteiger charge is -2.30. The van der Waals surface area contributed by atoms with E-state index in [0.717, 1.165) is 25.0 Å². The number of esters is 1. The summed E-state index contributed by atoms with van der Waals surface area (Å²) in [4.78, 5) is 11.9. The first-order valence-corrected chi connectivity index (χ1v) is 6.16. The van der Waals surface area contributed by atoms with Gasteiger partial charge in [-0.1, -0.05) is 30.3 Å². The molecule has 1 heterocycles. The molecule has 0 saturated carbocycles. The van der Waals surface area contributed by atoms with Gasteiger partial charge >= 0.3 is 5.97 Å². The SMILES string of the molecule is CCOC(=O)C1CCCOC1c1ccccc1. The topological polar surface area (TPSA) is 35.5 Å².